The van der Waals surface area contributed by atoms with Crippen molar-refractivity contribution in [2.24, 2.45) is 0 Å². The molecular formula is C16H17ClN2. The van der Waals surface area contributed by atoms with Crippen molar-refractivity contribution in [2.45, 2.75) is 19.5 Å². The SMILES string of the molecule is Nc1cccc(Cl)c1CN1CCc2ccccc2C1. The zero-order valence-corrected chi connectivity index (χ0v) is 11.5. The first kappa shape index (κ1) is 12.5. The van der Waals surface area contributed by atoms with E-state index in [1.54, 1.807) is 0 Å². The van der Waals surface area contributed by atoms with E-state index in [1.807, 2.05) is 18.2 Å². The number of rotatable bonds is 2. The second-order valence-corrected chi connectivity index (χ2v) is 5.44. The van der Waals surface area contributed by atoms with Crippen molar-refractivity contribution >= 4 is 17.3 Å². The maximum absolute atomic E-state index is 6.24. The Morgan fingerprint density at radius 1 is 1.05 bits per heavy atom. The first-order chi connectivity index (χ1) is 9.24. The zero-order chi connectivity index (χ0) is 13.2. The van der Waals surface area contributed by atoms with Crippen molar-refractivity contribution in [2.75, 3.05) is 12.3 Å². The van der Waals surface area contributed by atoms with Crippen LogP contribution in [0.15, 0.2) is 42.5 Å². The monoisotopic (exact) mass is 272 g/mol. The number of anilines is 1. The third-order valence-corrected chi connectivity index (χ3v) is 4.10. The molecule has 2 nitrogen and oxygen atoms in total. The van der Waals surface area contributed by atoms with Crippen molar-refractivity contribution in [3.8, 4) is 0 Å². The molecule has 1 aliphatic rings. The molecule has 0 radical (unpaired) electrons. The highest BCUT2D eigenvalue weighted by Crippen LogP contribution is 2.26. The van der Waals surface area contributed by atoms with Crippen molar-refractivity contribution in [3.63, 3.8) is 0 Å². The topological polar surface area (TPSA) is 29.3 Å². The van der Waals surface area contributed by atoms with Gasteiger partial charge in [0.05, 0.1) is 0 Å². The van der Waals surface area contributed by atoms with Gasteiger partial charge in [0.1, 0.15) is 0 Å². The lowest BCUT2D eigenvalue weighted by molar-refractivity contribution is 0.246. The molecule has 0 atom stereocenters. The number of hydrogen-bond donors (Lipinski definition) is 1. The van der Waals surface area contributed by atoms with Gasteiger partial charge in [0.15, 0.2) is 0 Å². The van der Waals surface area contributed by atoms with Gasteiger partial charge in [0.25, 0.3) is 0 Å². The molecule has 0 saturated carbocycles. The summed E-state index contributed by atoms with van der Waals surface area (Å²) in [4.78, 5) is 2.40. The molecule has 3 rings (SSSR count). The molecule has 2 N–H and O–H groups in total. The summed E-state index contributed by atoms with van der Waals surface area (Å²) in [7, 11) is 0. The third kappa shape index (κ3) is 2.60. The Hall–Kier alpha value is -1.51. The standard InChI is InChI=1S/C16H17ClN2/c17-15-6-3-7-16(18)14(15)11-19-9-8-12-4-1-2-5-13(12)10-19/h1-7H,8-11,18H2. The van der Waals surface area contributed by atoms with Crippen LogP contribution < -0.4 is 5.73 Å². The number of fused-ring (bicyclic) bond motifs is 1. The van der Waals surface area contributed by atoms with Gasteiger partial charge >= 0.3 is 0 Å². The van der Waals surface area contributed by atoms with Gasteiger partial charge in [-0.25, -0.2) is 0 Å². The van der Waals surface area contributed by atoms with Gasteiger partial charge in [0.2, 0.25) is 0 Å². The molecule has 0 spiro atoms. The van der Waals surface area contributed by atoms with Crippen LogP contribution in [0.2, 0.25) is 5.02 Å². The van der Waals surface area contributed by atoms with E-state index < -0.39 is 0 Å². The van der Waals surface area contributed by atoms with Gasteiger partial charge in [-0.1, -0.05) is 41.9 Å². The van der Waals surface area contributed by atoms with Crippen LogP contribution in [0.5, 0.6) is 0 Å². The fourth-order valence-corrected chi connectivity index (χ4v) is 2.90. The Labute approximate surface area is 118 Å². The third-order valence-electron chi connectivity index (χ3n) is 3.75. The summed E-state index contributed by atoms with van der Waals surface area (Å²) in [6.07, 6.45) is 1.10. The van der Waals surface area contributed by atoms with E-state index >= 15 is 0 Å². The van der Waals surface area contributed by atoms with Crippen LogP contribution in [0, 0.1) is 0 Å². The first-order valence-electron chi connectivity index (χ1n) is 6.56. The minimum atomic E-state index is 0.763. The molecule has 2 aromatic carbocycles. The lowest BCUT2D eigenvalue weighted by Gasteiger charge is -2.29. The van der Waals surface area contributed by atoms with Crippen molar-refractivity contribution in [1.29, 1.82) is 0 Å². The van der Waals surface area contributed by atoms with Crippen molar-refractivity contribution in [3.05, 3.63) is 64.2 Å². The summed E-state index contributed by atoms with van der Waals surface area (Å²) < 4.78 is 0. The number of nitrogens with two attached hydrogens (primary N) is 1. The van der Waals surface area contributed by atoms with E-state index in [0.29, 0.717) is 0 Å². The number of nitrogen functional groups attached to an aromatic ring is 1. The summed E-state index contributed by atoms with van der Waals surface area (Å²) >= 11 is 6.24. The minimum Gasteiger partial charge on any atom is -0.398 e. The van der Waals surface area contributed by atoms with Crippen LogP contribution in [-0.2, 0) is 19.5 Å². The molecular weight excluding hydrogens is 256 g/mol. The van der Waals surface area contributed by atoms with Crippen molar-refractivity contribution < 1.29 is 0 Å². The summed E-state index contributed by atoms with van der Waals surface area (Å²) in [5.41, 5.74) is 10.7. The van der Waals surface area contributed by atoms with E-state index in [9.17, 15) is 0 Å². The van der Waals surface area contributed by atoms with Gasteiger partial charge in [0, 0.05) is 35.9 Å². The van der Waals surface area contributed by atoms with E-state index in [-0.39, 0.29) is 0 Å². The smallest absolute Gasteiger partial charge is 0.0471 e. The lowest BCUT2D eigenvalue weighted by atomic mass is 9.99. The van der Waals surface area contributed by atoms with Crippen LogP contribution in [0.3, 0.4) is 0 Å². The molecule has 0 unspecified atom stereocenters. The maximum atomic E-state index is 6.24. The van der Waals surface area contributed by atoms with Gasteiger partial charge in [-0.3, -0.25) is 4.90 Å². The van der Waals surface area contributed by atoms with Crippen LogP contribution in [0.25, 0.3) is 0 Å². The number of hydrogen-bond acceptors (Lipinski definition) is 2. The van der Waals surface area contributed by atoms with Crippen LogP contribution in [0.4, 0.5) is 5.69 Å². The van der Waals surface area contributed by atoms with E-state index in [0.717, 1.165) is 42.3 Å². The average Bonchev–Trinajstić information content (AvgIpc) is 2.43. The fraction of sp³-hybridized carbons (Fsp3) is 0.250. The summed E-state index contributed by atoms with van der Waals surface area (Å²) in [6.45, 7) is 2.85. The molecule has 19 heavy (non-hydrogen) atoms. The molecule has 0 bridgehead atoms. The maximum Gasteiger partial charge on any atom is 0.0471 e. The van der Waals surface area contributed by atoms with Gasteiger partial charge in [-0.15, -0.1) is 0 Å². The van der Waals surface area contributed by atoms with E-state index in [2.05, 4.69) is 29.2 Å². The minimum absolute atomic E-state index is 0.763. The highest BCUT2D eigenvalue weighted by Gasteiger charge is 2.17. The molecule has 0 aliphatic carbocycles. The largest absolute Gasteiger partial charge is 0.398 e. The zero-order valence-electron chi connectivity index (χ0n) is 10.8. The first-order valence-corrected chi connectivity index (χ1v) is 6.94. The predicted molar refractivity (Wildman–Crippen MR) is 80.1 cm³/mol. The Morgan fingerprint density at radius 2 is 1.84 bits per heavy atom. The van der Waals surface area contributed by atoms with E-state index in [1.165, 1.54) is 11.1 Å². The van der Waals surface area contributed by atoms with Crippen LogP contribution >= 0.6 is 11.6 Å². The molecule has 98 valence electrons. The van der Waals surface area contributed by atoms with Crippen LogP contribution in [-0.4, -0.2) is 11.4 Å². The van der Waals surface area contributed by atoms with Gasteiger partial charge in [-0.05, 0) is 29.7 Å². The Kier molecular flexibility index (Phi) is 3.45. The molecule has 1 aliphatic heterocycles. The summed E-state index contributed by atoms with van der Waals surface area (Å²) in [5, 5.41) is 0.763. The molecule has 3 heteroatoms. The number of nitrogens with zero attached hydrogens (tertiary/aromatic N) is 1. The second kappa shape index (κ2) is 5.24. The molecule has 0 saturated heterocycles. The number of benzene rings is 2. The fourth-order valence-electron chi connectivity index (χ4n) is 2.65. The van der Waals surface area contributed by atoms with E-state index in [4.69, 9.17) is 17.3 Å². The Morgan fingerprint density at radius 3 is 2.63 bits per heavy atom. The molecule has 2 aromatic rings. The Balaban J connectivity index is 1.79. The highest BCUT2D eigenvalue weighted by atomic mass is 35.5. The predicted octanol–water partition coefficient (Wildman–Crippen LogP) is 3.48. The summed E-state index contributed by atoms with van der Waals surface area (Å²) in [5.74, 6) is 0. The normalized spacial score (nSPS) is 15.2. The van der Waals surface area contributed by atoms with Crippen molar-refractivity contribution in [1.82, 2.24) is 4.90 Å². The molecule has 0 fully saturated rings. The van der Waals surface area contributed by atoms with Gasteiger partial charge < -0.3 is 5.73 Å². The second-order valence-electron chi connectivity index (χ2n) is 5.04. The highest BCUT2D eigenvalue weighted by molar-refractivity contribution is 6.31. The average molecular weight is 273 g/mol. The number of halogens is 1. The van der Waals surface area contributed by atoms with Gasteiger partial charge in [-0.2, -0.15) is 0 Å². The van der Waals surface area contributed by atoms with Crippen LogP contribution in [0.1, 0.15) is 16.7 Å². The molecule has 0 aromatic heterocycles. The quantitative estimate of drug-likeness (QED) is 0.848. The summed E-state index contributed by atoms with van der Waals surface area (Å²) in [6, 6.07) is 14.4. The Bertz CT molecular complexity index is 575. The lowest BCUT2D eigenvalue weighted by Crippen LogP contribution is -2.30. The molecule has 0 amide bonds. The molecule has 1 heterocycles.